The summed E-state index contributed by atoms with van der Waals surface area (Å²) in [7, 11) is 1.55. The third-order valence-electron chi connectivity index (χ3n) is 3.90. The summed E-state index contributed by atoms with van der Waals surface area (Å²) in [5.41, 5.74) is 1.66. The van der Waals surface area contributed by atoms with E-state index in [4.69, 9.17) is 9.47 Å². The van der Waals surface area contributed by atoms with E-state index in [-0.39, 0.29) is 12.3 Å². The van der Waals surface area contributed by atoms with Crippen LogP contribution in [-0.2, 0) is 4.74 Å². The zero-order chi connectivity index (χ0) is 20.6. The standard InChI is InChI=1S/C21H20N4O4/c1-3-29-21(27)16-9-4-5-10-17(16)25-19-13-22-18(12-23-19)20(26)24-14-7-6-8-15(11-14)28-2/h4-13H,3H2,1-2H3,(H,23,25)(H,24,26). The maximum atomic E-state index is 12.4. The molecule has 0 aliphatic carbocycles. The number of carbonyl (C=O) groups is 2. The van der Waals surface area contributed by atoms with Gasteiger partial charge in [0.05, 0.1) is 37.4 Å². The van der Waals surface area contributed by atoms with Gasteiger partial charge in [0.25, 0.3) is 5.91 Å². The summed E-state index contributed by atoms with van der Waals surface area (Å²) < 4.78 is 10.2. The largest absolute Gasteiger partial charge is 0.497 e. The van der Waals surface area contributed by atoms with Crippen LogP contribution < -0.4 is 15.4 Å². The Labute approximate surface area is 167 Å². The Bertz CT molecular complexity index is 1010. The minimum atomic E-state index is -0.433. The summed E-state index contributed by atoms with van der Waals surface area (Å²) in [6, 6.07) is 13.9. The lowest BCUT2D eigenvalue weighted by Crippen LogP contribution is -2.14. The van der Waals surface area contributed by atoms with Gasteiger partial charge < -0.3 is 20.1 Å². The van der Waals surface area contributed by atoms with Gasteiger partial charge in [-0.3, -0.25) is 4.79 Å². The van der Waals surface area contributed by atoms with Crippen LogP contribution in [-0.4, -0.2) is 35.6 Å². The van der Waals surface area contributed by atoms with Gasteiger partial charge in [-0.25, -0.2) is 14.8 Å². The van der Waals surface area contributed by atoms with Gasteiger partial charge in [0.2, 0.25) is 0 Å². The van der Waals surface area contributed by atoms with Crippen LogP contribution in [0.1, 0.15) is 27.8 Å². The highest BCUT2D eigenvalue weighted by atomic mass is 16.5. The van der Waals surface area contributed by atoms with E-state index >= 15 is 0 Å². The van der Waals surface area contributed by atoms with Crippen molar-refractivity contribution >= 4 is 29.1 Å². The number of methoxy groups -OCH3 is 1. The molecule has 0 radical (unpaired) electrons. The van der Waals surface area contributed by atoms with Crippen LogP contribution in [0, 0.1) is 0 Å². The fraction of sp³-hybridized carbons (Fsp3) is 0.143. The van der Waals surface area contributed by atoms with Gasteiger partial charge in [0.15, 0.2) is 0 Å². The smallest absolute Gasteiger partial charge is 0.340 e. The highest BCUT2D eigenvalue weighted by Crippen LogP contribution is 2.21. The van der Waals surface area contributed by atoms with Gasteiger partial charge >= 0.3 is 5.97 Å². The van der Waals surface area contributed by atoms with Crippen molar-refractivity contribution in [2.75, 3.05) is 24.4 Å². The van der Waals surface area contributed by atoms with E-state index in [1.54, 1.807) is 62.6 Å². The molecule has 148 valence electrons. The Hall–Kier alpha value is -3.94. The normalized spacial score (nSPS) is 10.1. The second-order valence-corrected chi connectivity index (χ2v) is 5.86. The maximum absolute atomic E-state index is 12.4. The highest BCUT2D eigenvalue weighted by Gasteiger charge is 2.13. The van der Waals surface area contributed by atoms with Crippen LogP contribution >= 0.6 is 0 Å². The number of ether oxygens (including phenoxy) is 2. The summed E-state index contributed by atoms with van der Waals surface area (Å²) in [4.78, 5) is 32.8. The molecule has 2 N–H and O–H groups in total. The number of anilines is 3. The van der Waals surface area contributed by atoms with Crippen LogP contribution in [0.15, 0.2) is 60.9 Å². The molecule has 1 heterocycles. The fourth-order valence-corrected chi connectivity index (χ4v) is 2.52. The molecule has 8 nitrogen and oxygen atoms in total. The molecule has 0 aliphatic rings. The number of nitrogens with zero attached hydrogens (tertiary/aromatic N) is 2. The maximum Gasteiger partial charge on any atom is 0.340 e. The first kappa shape index (κ1) is 19.8. The Morgan fingerprint density at radius 2 is 1.86 bits per heavy atom. The number of hydrogen-bond acceptors (Lipinski definition) is 7. The fourth-order valence-electron chi connectivity index (χ4n) is 2.52. The Kier molecular flexibility index (Phi) is 6.36. The van der Waals surface area contributed by atoms with Crippen LogP contribution in [0.4, 0.5) is 17.2 Å². The number of nitrogens with one attached hydrogen (secondary N) is 2. The van der Waals surface area contributed by atoms with Crippen molar-refractivity contribution in [2.45, 2.75) is 6.92 Å². The molecule has 1 aromatic heterocycles. The Morgan fingerprint density at radius 1 is 1.03 bits per heavy atom. The van der Waals surface area contributed by atoms with Crippen molar-refractivity contribution < 1.29 is 19.1 Å². The van der Waals surface area contributed by atoms with Crippen molar-refractivity contribution in [1.82, 2.24) is 9.97 Å². The summed E-state index contributed by atoms with van der Waals surface area (Å²) in [5.74, 6) is 0.190. The van der Waals surface area contributed by atoms with Crippen molar-refractivity contribution in [3.8, 4) is 5.75 Å². The predicted molar refractivity (Wildman–Crippen MR) is 109 cm³/mol. The van der Waals surface area contributed by atoms with Crippen molar-refractivity contribution in [3.63, 3.8) is 0 Å². The summed E-state index contributed by atoms with van der Waals surface area (Å²) >= 11 is 0. The van der Waals surface area contributed by atoms with Crippen LogP contribution in [0.5, 0.6) is 5.75 Å². The minimum absolute atomic E-state index is 0.150. The van der Waals surface area contributed by atoms with E-state index in [0.717, 1.165) is 0 Å². The predicted octanol–water partition coefficient (Wildman–Crippen LogP) is 3.66. The summed E-state index contributed by atoms with van der Waals surface area (Å²) in [6.45, 7) is 2.03. The average molecular weight is 392 g/mol. The SMILES string of the molecule is CCOC(=O)c1ccccc1Nc1cnc(C(=O)Nc2cccc(OC)c2)cn1. The van der Waals surface area contributed by atoms with Crippen molar-refractivity contribution in [1.29, 1.82) is 0 Å². The molecule has 2 aromatic carbocycles. The molecule has 0 unspecified atom stereocenters. The number of aromatic nitrogens is 2. The molecular weight excluding hydrogens is 372 g/mol. The van der Waals surface area contributed by atoms with Gasteiger partial charge in [-0.15, -0.1) is 0 Å². The lowest BCUT2D eigenvalue weighted by Gasteiger charge is -2.11. The van der Waals surface area contributed by atoms with Gasteiger partial charge in [-0.05, 0) is 31.2 Å². The molecular formula is C21H20N4O4. The summed E-state index contributed by atoms with van der Waals surface area (Å²) in [6.07, 6.45) is 2.77. The Balaban J connectivity index is 1.71. The monoisotopic (exact) mass is 392 g/mol. The molecule has 3 rings (SSSR count). The van der Waals surface area contributed by atoms with E-state index in [1.807, 2.05) is 0 Å². The lowest BCUT2D eigenvalue weighted by atomic mass is 10.2. The quantitative estimate of drug-likeness (QED) is 0.592. The first-order valence-electron chi connectivity index (χ1n) is 8.91. The molecule has 8 heteroatoms. The number of rotatable bonds is 7. The minimum Gasteiger partial charge on any atom is -0.497 e. The molecule has 0 atom stereocenters. The molecule has 0 bridgehead atoms. The number of benzene rings is 2. The molecule has 0 fully saturated rings. The first-order valence-corrected chi connectivity index (χ1v) is 8.91. The van der Waals surface area contributed by atoms with Gasteiger partial charge in [-0.2, -0.15) is 0 Å². The average Bonchev–Trinajstić information content (AvgIpc) is 2.75. The Morgan fingerprint density at radius 3 is 2.59 bits per heavy atom. The molecule has 1 amide bonds. The molecule has 29 heavy (non-hydrogen) atoms. The lowest BCUT2D eigenvalue weighted by molar-refractivity contribution is 0.0527. The van der Waals surface area contributed by atoms with Crippen molar-refractivity contribution in [2.24, 2.45) is 0 Å². The number of esters is 1. The van der Waals surface area contributed by atoms with Crippen LogP contribution in [0.3, 0.4) is 0 Å². The van der Waals surface area contributed by atoms with Gasteiger partial charge in [0.1, 0.15) is 17.3 Å². The molecule has 0 saturated carbocycles. The number of para-hydroxylation sites is 1. The second-order valence-electron chi connectivity index (χ2n) is 5.86. The van der Waals surface area contributed by atoms with Crippen LogP contribution in [0.2, 0.25) is 0 Å². The third kappa shape index (κ3) is 5.07. The number of carbonyl (C=O) groups excluding carboxylic acids is 2. The van der Waals surface area contributed by atoms with Gasteiger partial charge in [0, 0.05) is 11.8 Å². The highest BCUT2D eigenvalue weighted by molar-refractivity contribution is 6.02. The molecule has 0 spiro atoms. The topological polar surface area (TPSA) is 102 Å². The zero-order valence-electron chi connectivity index (χ0n) is 16.0. The first-order chi connectivity index (χ1) is 14.1. The van der Waals surface area contributed by atoms with E-state index in [9.17, 15) is 9.59 Å². The summed E-state index contributed by atoms with van der Waals surface area (Å²) in [5, 5.41) is 5.76. The third-order valence-corrected chi connectivity index (χ3v) is 3.90. The number of hydrogen-bond donors (Lipinski definition) is 2. The van der Waals surface area contributed by atoms with E-state index in [2.05, 4.69) is 20.6 Å². The molecule has 0 aliphatic heterocycles. The second kappa shape index (κ2) is 9.32. The zero-order valence-corrected chi connectivity index (χ0v) is 16.0. The van der Waals surface area contributed by atoms with E-state index < -0.39 is 11.9 Å². The number of amides is 1. The van der Waals surface area contributed by atoms with E-state index in [0.29, 0.717) is 28.5 Å². The molecule has 3 aromatic rings. The van der Waals surface area contributed by atoms with Gasteiger partial charge in [-0.1, -0.05) is 18.2 Å². The molecule has 0 saturated heterocycles. The van der Waals surface area contributed by atoms with Crippen LogP contribution in [0.25, 0.3) is 0 Å². The van der Waals surface area contributed by atoms with Crippen molar-refractivity contribution in [3.05, 3.63) is 72.2 Å². The van der Waals surface area contributed by atoms with E-state index in [1.165, 1.54) is 12.4 Å².